The van der Waals surface area contributed by atoms with E-state index in [9.17, 15) is 72.2 Å². The van der Waals surface area contributed by atoms with Gasteiger partial charge in [-0.2, -0.15) is 0 Å². The van der Waals surface area contributed by atoms with Gasteiger partial charge < -0.3 is 88.0 Å². The van der Waals surface area contributed by atoms with Gasteiger partial charge in [0.15, 0.2) is 0 Å². The van der Waals surface area contributed by atoms with Crippen LogP contribution in [0.5, 0.6) is 0 Å². The Balaban J connectivity index is -0.000000245. The maximum absolute atomic E-state index is 12.9. The van der Waals surface area contributed by atoms with E-state index < -0.39 is 147 Å². The van der Waals surface area contributed by atoms with Crippen LogP contribution in [0.4, 0.5) is 0 Å². The molecule has 0 aromatic carbocycles. The summed E-state index contributed by atoms with van der Waals surface area (Å²) in [5.41, 5.74) is -6.76. The molecule has 740 valence electrons. The minimum atomic E-state index is -1.28. The molecule has 0 bridgehead atoms. The number of esters is 10. The molecule has 0 aromatic heterocycles. The maximum atomic E-state index is 12.9. The standard InChI is InChI=1S/C28H48Br2O8.C20H32Br2O8.C20H31Br2O7.C14H24Br2O4.C6H14O2.2Na.H2O/c1-12-18(36-24(34)28(10,11)17-20(30)22(32)38-26(5,6)7)14-13-15-35-23(33)27(8,9)16-19(29)21(31)37-25(2,3)4;1-6-12(30-18(28)20(4,5)11-14(22)16(25)26)8-7-9-29-17(27)19(2,3)10-13(21)15(23)24;1-6-14(29-18(27)20(4,5)11-15(22)16(24)25)8-7-9-28-17(26)19(2,3)10-13(21)12-23;1-6-10(20-12(18)14(4,5)16)8-7-9-19-11(17)13(2,3)15;1-2-6(8)4-3-5-7;;;/h18-20H,12-17H2,1-11H3;12-14H,6-11H2,1-5H3,(H,23,24)(H,25,26);13-15H,6-11H2,1-5H3,(H,24,25);10H,6-9H2,1-5H3;6-8H,2-5H2,1H3;;;1H2/q;;-1;;;2*+1;/p-2. The third-order valence-electron chi connectivity index (χ3n) is 18.4. The van der Waals surface area contributed by atoms with Gasteiger partial charge in [-0.05, 0) is 287 Å². The summed E-state index contributed by atoms with van der Waals surface area (Å²) in [6.45, 7) is 48.3. The van der Waals surface area contributed by atoms with Gasteiger partial charge in [-0.3, -0.25) is 63.8 Å². The van der Waals surface area contributed by atoms with Crippen molar-refractivity contribution in [2.45, 2.75) is 401 Å². The quantitative estimate of drug-likeness (QED) is 0.0110. The Bertz CT molecular complexity index is 3280. The average Bonchev–Trinajstić information content (AvgIpc) is 0.786. The Morgan fingerprint density at radius 3 is 0.797 bits per heavy atom. The molecule has 5 N–H and O–H groups in total. The molecule has 30 nitrogen and oxygen atoms in total. The minimum Gasteiger partial charge on any atom is -0.870 e. The number of carbonyl (C=O) groups is 13. The summed E-state index contributed by atoms with van der Waals surface area (Å²) in [6.07, 6.45) is 10.4. The Kier molecular flexibility index (Phi) is 76.9. The van der Waals surface area contributed by atoms with Crippen molar-refractivity contribution in [2.24, 2.45) is 32.5 Å². The molecule has 0 radical (unpaired) electrons. The first-order valence-electron chi connectivity index (χ1n) is 42.2. The second kappa shape index (κ2) is 69.3. The van der Waals surface area contributed by atoms with Crippen LogP contribution in [0.25, 0.3) is 0 Å². The number of halogens is 8. The fourth-order valence-electron chi connectivity index (χ4n) is 10.2. The first-order chi connectivity index (χ1) is 56.7. The molecule has 128 heavy (non-hydrogen) atoms. The Hall–Kier alpha value is -1.50. The largest absolute Gasteiger partial charge is 1.00 e. The number of aliphatic hydroxyl groups is 2. The Labute approximate surface area is 873 Å². The van der Waals surface area contributed by atoms with Gasteiger partial charge in [-0.25, -0.2) is 0 Å². The first-order valence-corrected chi connectivity index (χ1v) is 49.3. The van der Waals surface area contributed by atoms with E-state index in [1.807, 2.05) is 34.6 Å². The summed E-state index contributed by atoms with van der Waals surface area (Å²) in [4.78, 5) is 162. The van der Waals surface area contributed by atoms with Crippen LogP contribution >= 0.6 is 127 Å². The van der Waals surface area contributed by atoms with Crippen molar-refractivity contribution in [1.82, 2.24) is 0 Å². The summed E-state index contributed by atoms with van der Waals surface area (Å²) < 4.78 is 52.8. The molecule has 0 amide bonds. The van der Waals surface area contributed by atoms with Crippen molar-refractivity contribution in [1.29, 1.82) is 0 Å². The van der Waals surface area contributed by atoms with Crippen molar-refractivity contribution < 1.29 is 205 Å². The summed E-state index contributed by atoms with van der Waals surface area (Å²) in [7, 11) is 0. The molecule has 0 spiro atoms. The van der Waals surface area contributed by atoms with E-state index in [-0.39, 0.29) is 172 Å². The van der Waals surface area contributed by atoms with Crippen LogP contribution in [0.15, 0.2) is 0 Å². The van der Waals surface area contributed by atoms with E-state index in [4.69, 9.17) is 67.8 Å². The normalized spacial score (nSPS) is 14.5. The monoisotopic (exact) mass is 2360 g/mol. The van der Waals surface area contributed by atoms with Crippen LogP contribution in [0.3, 0.4) is 0 Å². The van der Waals surface area contributed by atoms with Crippen LogP contribution in [0.2, 0.25) is 0 Å². The molecule has 0 aliphatic carbocycles. The number of hydrogen-bond acceptors (Lipinski definition) is 28. The molecule has 0 heterocycles. The average molecular weight is 2370 g/mol. The van der Waals surface area contributed by atoms with Crippen molar-refractivity contribution in [2.75, 3.05) is 33.0 Å². The minimum absolute atomic E-state index is 0. The van der Waals surface area contributed by atoms with Crippen molar-refractivity contribution >= 4 is 211 Å². The number of aliphatic hydroxyl groups excluding tert-OH is 2. The molecule has 0 saturated carbocycles. The van der Waals surface area contributed by atoms with E-state index in [1.165, 1.54) is 0 Å². The number of alkyl halides is 8. The van der Waals surface area contributed by atoms with E-state index in [0.717, 1.165) is 25.7 Å². The van der Waals surface area contributed by atoms with E-state index in [1.54, 1.807) is 159 Å². The molecule has 11 unspecified atom stereocenters. The van der Waals surface area contributed by atoms with Gasteiger partial charge in [-0.15, -0.1) is 15.9 Å². The number of carboxylic acid groups (broad SMARTS) is 3. The zero-order chi connectivity index (χ0) is 99.0. The second-order valence-electron chi connectivity index (χ2n) is 37.2. The molecule has 0 rings (SSSR count). The van der Waals surface area contributed by atoms with Crippen LogP contribution in [-0.4, -0.2) is 222 Å². The van der Waals surface area contributed by atoms with E-state index in [0.29, 0.717) is 77.2 Å². The smallest absolute Gasteiger partial charge is 0.870 e. The van der Waals surface area contributed by atoms with Crippen LogP contribution in [0, 0.1) is 32.5 Å². The van der Waals surface area contributed by atoms with Crippen LogP contribution in [-0.2, 0) is 114 Å². The number of rotatable bonds is 54. The topological polar surface area (TPSA) is 465 Å². The summed E-state index contributed by atoms with van der Waals surface area (Å²) in [5.74, 6) is -7.44. The van der Waals surface area contributed by atoms with Gasteiger partial charge in [0.05, 0.1) is 75.8 Å². The van der Waals surface area contributed by atoms with Gasteiger partial charge in [0.1, 0.15) is 63.6 Å². The fraction of sp³-hybridized carbons (Fsp3) is 0.841. The van der Waals surface area contributed by atoms with Crippen LogP contribution in [0.1, 0.15) is 322 Å². The molecule has 0 aliphatic heterocycles. The predicted octanol–water partition coefficient (Wildman–Crippen LogP) is 12.0. The van der Waals surface area contributed by atoms with E-state index in [2.05, 4.69) is 127 Å². The number of carboxylic acids is 3. The molecule has 0 saturated heterocycles. The number of hydrogen-bond donors (Lipinski definition) is 4. The molecule has 0 aliphatic rings. The summed E-state index contributed by atoms with van der Waals surface area (Å²) >= 11 is 25.4. The fourth-order valence-corrected chi connectivity index (χ4v) is 15.4. The molecular weight excluding hydrogens is 2220 g/mol. The van der Waals surface area contributed by atoms with Gasteiger partial charge in [0.25, 0.3) is 0 Å². The van der Waals surface area contributed by atoms with Gasteiger partial charge >= 0.3 is 131 Å². The SMILES string of the molecule is CCC(CCCOC(=O)C(C)(C)Br)OC(=O)C(C)(C)Br.CCC(CCCOC(=O)C(C)(C)CC(Br)C(=O)O)OC(=O)C(C)(C)CC(Br)C(=O)O.CCC(CCCOC(=O)C(C)(C)CC(Br)C(=O)OC(C)(C)C)OC(=O)C(C)(C)CC(Br)C(=O)OC(C)(C)C.CCC(CCCOC(=O)C(C)(C)CC(Br)[C-]=O)OC(=O)C(C)(C)CC(Br)C(=O)[O-].CCC(O)CCCO.[Na+].[Na+].[OH-]. The first kappa shape index (κ1) is 142. The van der Waals surface area contributed by atoms with Crippen LogP contribution < -0.4 is 64.2 Å². The van der Waals surface area contributed by atoms with Crippen molar-refractivity contribution in [3.63, 3.8) is 0 Å². The zero-order valence-corrected chi connectivity index (χ0v) is 97.9. The number of aliphatic carboxylic acids is 3. The van der Waals surface area contributed by atoms with Crippen molar-refractivity contribution in [3.05, 3.63) is 0 Å². The third-order valence-corrected chi connectivity index (χ3v) is 23.0. The van der Waals surface area contributed by atoms with E-state index >= 15 is 0 Å². The summed E-state index contributed by atoms with van der Waals surface area (Å²) in [5, 5.41) is 46.0. The predicted molar refractivity (Wildman–Crippen MR) is 506 cm³/mol. The molecule has 40 heteroatoms. The zero-order valence-electron chi connectivity index (χ0n) is 81.2. The Morgan fingerprint density at radius 2 is 0.578 bits per heavy atom. The number of ether oxygens (including phenoxy) is 10. The molecule has 0 aromatic rings. The molecule has 0 fully saturated rings. The van der Waals surface area contributed by atoms with Crippen molar-refractivity contribution in [3.8, 4) is 0 Å². The molecular formula is C88H149Br8Na2O30-. The molecule has 11 atom stereocenters. The maximum Gasteiger partial charge on any atom is 1.00 e. The van der Waals surface area contributed by atoms with Gasteiger partial charge in [0, 0.05) is 6.61 Å². The second-order valence-corrected chi connectivity index (χ2v) is 47.8. The Morgan fingerprint density at radius 1 is 0.344 bits per heavy atom. The van der Waals surface area contributed by atoms with Gasteiger partial charge in [0.2, 0.25) is 0 Å². The summed E-state index contributed by atoms with van der Waals surface area (Å²) in [6, 6.07) is 0. The van der Waals surface area contributed by atoms with Gasteiger partial charge in [-0.1, -0.05) is 151 Å². The number of carbonyl (C=O) groups excluding carboxylic acids is 12. The third kappa shape index (κ3) is 68.5.